The average molecular weight is 347 g/mol. The lowest BCUT2D eigenvalue weighted by atomic mass is 10.3. The van der Waals surface area contributed by atoms with Gasteiger partial charge in [0.2, 0.25) is 10.0 Å². The fourth-order valence-electron chi connectivity index (χ4n) is 2.14. The van der Waals surface area contributed by atoms with Crippen LogP contribution in [0.3, 0.4) is 0 Å². The molecule has 2 rings (SSSR count). The maximum atomic E-state index is 12.6. The van der Waals surface area contributed by atoms with Gasteiger partial charge in [-0.1, -0.05) is 0 Å². The number of amides is 1. The Morgan fingerprint density at radius 1 is 1.36 bits per heavy atom. The van der Waals surface area contributed by atoms with Crippen LogP contribution in [0.1, 0.15) is 22.5 Å². The third-order valence-electron chi connectivity index (χ3n) is 3.34. The third kappa shape index (κ3) is 4.05. The monoisotopic (exact) mass is 347 g/mol. The van der Waals surface area contributed by atoms with Crippen LogP contribution in [-0.2, 0) is 14.8 Å². The van der Waals surface area contributed by atoms with Gasteiger partial charge in [0, 0.05) is 19.6 Å². The van der Waals surface area contributed by atoms with Crippen molar-refractivity contribution < 1.29 is 17.9 Å². The fourth-order valence-corrected chi connectivity index (χ4v) is 4.87. The van der Waals surface area contributed by atoms with E-state index in [0.29, 0.717) is 39.4 Å². The number of ether oxygens (including phenoxy) is 1. The zero-order valence-electron chi connectivity index (χ0n) is 12.3. The van der Waals surface area contributed by atoms with Crippen molar-refractivity contribution in [2.45, 2.75) is 17.7 Å². The van der Waals surface area contributed by atoms with Crippen molar-refractivity contribution in [2.75, 3.05) is 39.4 Å². The number of thiophene rings is 1. The number of nitrogens with one attached hydrogen (secondary N) is 1. The second-order valence-corrected chi connectivity index (χ2v) is 7.70. The lowest BCUT2D eigenvalue weighted by Gasteiger charge is -2.26. The Labute approximate surface area is 134 Å². The van der Waals surface area contributed by atoms with Crippen LogP contribution < -0.4 is 11.1 Å². The first-order valence-corrected chi connectivity index (χ1v) is 9.53. The highest BCUT2D eigenvalue weighted by atomic mass is 32.2. The van der Waals surface area contributed by atoms with Crippen LogP contribution in [0.4, 0.5) is 0 Å². The molecule has 7 nitrogen and oxygen atoms in total. The number of unbranched alkanes of at least 4 members (excludes halogenated alkanes) is 1. The lowest BCUT2D eigenvalue weighted by Crippen LogP contribution is -2.41. The molecule has 0 atom stereocenters. The van der Waals surface area contributed by atoms with Crippen LogP contribution in [0.5, 0.6) is 0 Å². The minimum absolute atomic E-state index is 0.0794. The summed E-state index contributed by atoms with van der Waals surface area (Å²) >= 11 is 1.14. The molecule has 1 aliphatic heterocycles. The minimum atomic E-state index is -3.65. The van der Waals surface area contributed by atoms with Crippen LogP contribution >= 0.6 is 11.3 Å². The molecule has 0 spiro atoms. The van der Waals surface area contributed by atoms with Gasteiger partial charge in [-0.15, -0.1) is 11.3 Å². The minimum Gasteiger partial charge on any atom is -0.379 e. The second-order valence-electron chi connectivity index (χ2n) is 4.88. The van der Waals surface area contributed by atoms with E-state index in [1.54, 1.807) is 5.38 Å². The van der Waals surface area contributed by atoms with Gasteiger partial charge in [-0.2, -0.15) is 4.31 Å². The van der Waals surface area contributed by atoms with E-state index in [2.05, 4.69) is 5.32 Å². The smallest absolute Gasteiger partial charge is 0.262 e. The first kappa shape index (κ1) is 17.4. The zero-order chi connectivity index (χ0) is 16.0. The highest BCUT2D eigenvalue weighted by Gasteiger charge is 2.31. The number of rotatable bonds is 7. The molecule has 1 saturated heterocycles. The highest BCUT2D eigenvalue weighted by molar-refractivity contribution is 7.89. The Bertz CT molecular complexity index is 594. The fraction of sp³-hybridized carbons (Fsp3) is 0.615. The SMILES string of the molecule is NCCCCNC(=O)c1sccc1S(=O)(=O)N1CCOCC1. The number of carbonyl (C=O) groups excluding carboxylic acids is 1. The van der Waals surface area contributed by atoms with E-state index in [1.807, 2.05) is 0 Å². The normalized spacial score (nSPS) is 16.6. The Morgan fingerprint density at radius 3 is 2.77 bits per heavy atom. The van der Waals surface area contributed by atoms with E-state index in [1.165, 1.54) is 10.4 Å². The molecule has 0 saturated carbocycles. The Kier molecular flexibility index (Phi) is 6.33. The first-order valence-electron chi connectivity index (χ1n) is 7.21. The summed E-state index contributed by atoms with van der Waals surface area (Å²) in [5, 5.41) is 4.37. The van der Waals surface area contributed by atoms with Crippen LogP contribution in [0.25, 0.3) is 0 Å². The van der Waals surface area contributed by atoms with Gasteiger partial charge in [0.15, 0.2) is 0 Å². The van der Waals surface area contributed by atoms with Gasteiger partial charge >= 0.3 is 0 Å². The van der Waals surface area contributed by atoms with Gasteiger partial charge in [-0.3, -0.25) is 4.79 Å². The molecule has 1 aromatic heterocycles. The molecule has 0 radical (unpaired) electrons. The Hall–Kier alpha value is -1.00. The molecule has 0 aromatic carbocycles. The Morgan fingerprint density at radius 2 is 2.09 bits per heavy atom. The van der Waals surface area contributed by atoms with Crippen LogP contribution in [0.2, 0.25) is 0 Å². The average Bonchev–Trinajstić information content (AvgIpc) is 3.03. The number of nitrogens with zero attached hydrogens (tertiary/aromatic N) is 1. The molecule has 1 fully saturated rings. The van der Waals surface area contributed by atoms with Crippen molar-refractivity contribution in [2.24, 2.45) is 5.73 Å². The molecule has 1 aromatic rings. The van der Waals surface area contributed by atoms with Crippen molar-refractivity contribution in [3.8, 4) is 0 Å². The second kappa shape index (κ2) is 8.02. The summed E-state index contributed by atoms with van der Waals surface area (Å²) in [6.07, 6.45) is 1.60. The van der Waals surface area contributed by atoms with Crippen molar-refractivity contribution in [3.63, 3.8) is 0 Å². The van der Waals surface area contributed by atoms with E-state index in [0.717, 1.165) is 24.2 Å². The van der Waals surface area contributed by atoms with Crippen LogP contribution in [0.15, 0.2) is 16.3 Å². The maximum absolute atomic E-state index is 12.6. The van der Waals surface area contributed by atoms with E-state index < -0.39 is 10.0 Å². The van der Waals surface area contributed by atoms with Gasteiger partial charge in [0.05, 0.1) is 13.2 Å². The largest absolute Gasteiger partial charge is 0.379 e. The van der Waals surface area contributed by atoms with Gasteiger partial charge in [-0.25, -0.2) is 8.42 Å². The molecule has 9 heteroatoms. The van der Waals surface area contributed by atoms with Crippen molar-refractivity contribution >= 4 is 27.3 Å². The standard InChI is InChI=1S/C13H21N3O4S2/c14-4-1-2-5-15-13(17)12-11(3-10-21-12)22(18,19)16-6-8-20-9-7-16/h3,10H,1-2,4-9,14H2,(H,15,17). The summed E-state index contributed by atoms with van der Waals surface area (Å²) in [6.45, 7) is 2.45. The van der Waals surface area contributed by atoms with Gasteiger partial charge < -0.3 is 15.8 Å². The molecule has 2 heterocycles. The van der Waals surface area contributed by atoms with E-state index in [9.17, 15) is 13.2 Å². The summed E-state index contributed by atoms with van der Waals surface area (Å²) in [5.41, 5.74) is 5.40. The molecule has 0 aliphatic carbocycles. The molecular weight excluding hydrogens is 326 g/mol. The molecule has 1 aliphatic rings. The number of hydrogen-bond acceptors (Lipinski definition) is 6. The number of hydrogen-bond donors (Lipinski definition) is 2. The predicted octanol–water partition coefficient (Wildman–Crippen LogP) is 0.238. The van der Waals surface area contributed by atoms with Crippen molar-refractivity contribution in [1.82, 2.24) is 9.62 Å². The number of carbonyl (C=O) groups is 1. The number of sulfonamides is 1. The quantitative estimate of drug-likeness (QED) is 0.688. The molecule has 0 unspecified atom stereocenters. The van der Waals surface area contributed by atoms with E-state index in [4.69, 9.17) is 10.5 Å². The van der Waals surface area contributed by atoms with Crippen LogP contribution in [-0.4, -0.2) is 58.0 Å². The van der Waals surface area contributed by atoms with Crippen molar-refractivity contribution in [3.05, 3.63) is 16.3 Å². The van der Waals surface area contributed by atoms with Crippen LogP contribution in [0, 0.1) is 0 Å². The molecule has 124 valence electrons. The Balaban J connectivity index is 2.09. The topological polar surface area (TPSA) is 102 Å². The van der Waals surface area contributed by atoms with Gasteiger partial charge in [0.1, 0.15) is 9.77 Å². The summed E-state index contributed by atoms with van der Waals surface area (Å²) in [7, 11) is -3.65. The molecular formula is C13H21N3O4S2. The molecule has 0 bridgehead atoms. The summed E-state index contributed by atoms with van der Waals surface area (Å²) < 4.78 is 31.8. The number of nitrogens with two attached hydrogens (primary N) is 1. The third-order valence-corrected chi connectivity index (χ3v) is 6.32. The summed E-state index contributed by atoms with van der Waals surface area (Å²) in [5.74, 6) is -0.348. The predicted molar refractivity (Wildman–Crippen MR) is 84.5 cm³/mol. The molecule has 1 amide bonds. The van der Waals surface area contributed by atoms with Gasteiger partial charge in [0.25, 0.3) is 5.91 Å². The molecule has 22 heavy (non-hydrogen) atoms. The van der Waals surface area contributed by atoms with Crippen molar-refractivity contribution in [1.29, 1.82) is 0 Å². The first-order chi connectivity index (χ1) is 10.6. The highest BCUT2D eigenvalue weighted by Crippen LogP contribution is 2.25. The number of morpholine rings is 1. The van der Waals surface area contributed by atoms with E-state index in [-0.39, 0.29) is 15.7 Å². The zero-order valence-corrected chi connectivity index (χ0v) is 13.9. The maximum Gasteiger partial charge on any atom is 0.262 e. The van der Waals surface area contributed by atoms with Gasteiger partial charge in [-0.05, 0) is 30.8 Å². The lowest BCUT2D eigenvalue weighted by molar-refractivity contribution is 0.0730. The molecule has 3 N–H and O–H groups in total. The van der Waals surface area contributed by atoms with E-state index >= 15 is 0 Å². The summed E-state index contributed by atoms with van der Waals surface area (Å²) in [6, 6.07) is 1.49. The summed E-state index contributed by atoms with van der Waals surface area (Å²) in [4.78, 5) is 12.5.